The monoisotopic (exact) mass is 552 g/mol. The summed E-state index contributed by atoms with van der Waals surface area (Å²) in [6.07, 6.45) is 2.90. The predicted molar refractivity (Wildman–Crippen MR) is 157 cm³/mol. The normalized spacial score (nSPS) is 12.4. The number of carbonyl (C=O) groups is 3. The molecule has 0 amide bonds. The van der Waals surface area contributed by atoms with Gasteiger partial charge in [-0.15, -0.1) is 0 Å². The first-order chi connectivity index (χ1) is 18.3. The predicted octanol–water partition coefficient (Wildman–Crippen LogP) is 7.58. The fourth-order valence-electron chi connectivity index (χ4n) is 3.42. The van der Waals surface area contributed by atoms with Gasteiger partial charge in [0.2, 0.25) is 5.75 Å². The number of ketones is 1. The lowest BCUT2D eigenvalue weighted by Gasteiger charge is -2.28. The average Bonchev–Trinajstić information content (AvgIpc) is 2.81. The number of carbonyl (C=O) groups excluding carboxylic acids is 3. The maximum Gasteiger partial charge on any atom is 0.316 e. The van der Waals surface area contributed by atoms with Gasteiger partial charge in [0.25, 0.3) is 0 Å². The minimum absolute atomic E-state index is 0.216. The van der Waals surface area contributed by atoms with E-state index in [4.69, 9.17) is 18.9 Å². The lowest BCUT2D eigenvalue weighted by atomic mass is 9.84. The van der Waals surface area contributed by atoms with E-state index in [9.17, 15) is 14.4 Å². The van der Waals surface area contributed by atoms with Gasteiger partial charge in [0.1, 0.15) is 5.75 Å². The van der Waals surface area contributed by atoms with Gasteiger partial charge in [-0.2, -0.15) is 0 Å². The van der Waals surface area contributed by atoms with Crippen LogP contribution in [0.25, 0.3) is 6.08 Å². The Kier molecular flexibility index (Phi) is 10.0. The molecule has 0 radical (unpaired) electrons. The first kappa shape index (κ1) is 32.6. The Morgan fingerprint density at radius 1 is 0.750 bits per heavy atom. The molecular formula is C33H44O7. The van der Waals surface area contributed by atoms with Crippen molar-refractivity contribution >= 4 is 23.8 Å². The Hall–Kier alpha value is -3.61. The number of allylic oxidation sites excluding steroid dienone is 1. The van der Waals surface area contributed by atoms with Crippen molar-refractivity contribution in [2.75, 3.05) is 7.11 Å². The molecule has 40 heavy (non-hydrogen) atoms. The van der Waals surface area contributed by atoms with Crippen LogP contribution in [-0.2, 0) is 15.0 Å². The highest BCUT2D eigenvalue weighted by molar-refractivity contribution is 6.07. The van der Waals surface area contributed by atoms with Crippen molar-refractivity contribution in [3.63, 3.8) is 0 Å². The van der Waals surface area contributed by atoms with E-state index in [1.165, 1.54) is 13.2 Å². The highest BCUT2D eigenvalue weighted by Crippen LogP contribution is 2.48. The lowest BCUT2D eigenvalue weighted by Crippen LogP contribution is -2.27. The molecule has 0 atom stereocenters. The number of esters is 2. The van der Waals surface area contributed by atoms with E-state index >= 15 is 0 Å². The summed E-state index contributed by atoms with van der Waals surface area (Å²) in [4.78, 5) is 38.1. The molecule has 2 aromatic rings. The van der Waals surface area contributed by atoms with E-state index in [0.29, 0.717) is 28.4 Å². The summed E-state index contributed by atoms with van der Waals surface area (Å²) >= 11 is 0. The largest absolute Gasteiger partial charge is 0.490 e. The van der Waals surface area contributed by atoms with E-state index in [0.717, 1.165) is 5.56 Å². The third kappa shape index (κ3) is 8.44. The number of hydrogen-bond acceptors (Lipinski definition) is 7. The molecule has 0 aliphatic carbocycles. The van der Waals surface area contributed by atoms with E-state index in [1.807, 2.05) is 40.7 Å². The fraction of sp³-hybridized carbons (Fsp3) is 0.485. The van der Waals surface area contributed by atoms with Crippen LogP contribution in [0.2, 0.25) is 0 Å². The molecule has 0 bridgehead atoms. The summed E-state index contributed by atoms with van der Waals surface area (Å²) in [6.45, 7) is 20.5. The van der Waals surface area contributed by atoms with Gasteiger partial charge in [-0.25, -0.2) is 0 Å². The molecule has 0 unspecified atom stereocenters. The summed E-state index contributed by atoms with van der Waals surface area (Å²) in [5, 5.41) is 0. The minimum Gasteiger partial charge on any atom is -0.490 e. The molecule has 0 aromatic heterocycles. The van der Waals surface area contributed by atoms with Gasteiger partial charge in [0.15, 0.2) is 17.3 Å². The van der Waals surface area contributed by atoms with Crippen molar-refractivity contribution in [1.29, 1.82) is 0 Å². The van der Waals surface area contributed by atoms with Crippen molar-refractivity contribution in [3.05, 3.63) is 53.1 Å². The topological polar surface area (TPSA) is 88.1 Å². The van der Waals surface area contributed by atoms with E-state index < -0.39 is 22.2 Å². The highest BCUT2D eigenvalue weighted by Gasteiger charge is 2.32. The molecule has 2 rings (SSSR count). The molecule has 218 valence electrons. The van der Waals surface area contributed by atoms with Crippen LogP contribution in [-0.4, -0.2) is 30.9 Å². The second-order valence-electron chi connectivity index (χ2n) is 13.1. The molecule has 2 aromatic carbocycles. The third-order valence-corrected chi connectivity index (χ3v) is 5.77. The van der Waals surface area contributed by atoms with E-state index in [-0.39, 0.29) is 23.6 Å². The molecule has 0 spiro atoms. The average molecular weight is 553 g/mol. The van der Waals surface area contributed by atoms with Crippen LogP contribution in [0.1, 0.15) is 97.6 Å². The second kappa shape index (κ2) is 12.3. The Bertz CT molecular complexity index is 1260. The summed E-state index contributed by atoms with van der Waals surface area (Å²) in [5.74, 6) is 0.323. The Morgan fingerprint density at radius 2 is 1.27 bits per heavy atom. The Labute approximate surface area is 238 Å². The molecule has 0 aliphatic rings. The molecule has 0 heterocycles. The zero-order valence-corrected chi connectivity index (χ0v) is 26.0. The second-order valence-corrected chi connectivity index (χ2v) is 13.1. The van der Waals surface area contributed by atoms with Crippen LogP contribution >= 0.6 is 0 Å². The van der Waals surface area contributed by atoms with Crippen LogP contribution in [0.4, 0.5) is 0 Å². The maximum atomic E-state index is 13.1. The number of hydrogen-bond donors (Lipinski definition) is 0. The van der Waals surface area contributed by atoms with Crippen molar-refractivity contribution < 1.29 is 33.3 Å². The molecular weight excluding hydrogens is 508 g/mol. The van der Waals surface area contributed by atoms with E-state index in [1.54, 1.807) is 71.9 Å². The first-order valence-corrected chi connectivity index (χ1v) is 13.4. The summed E-state index contributed by atoms with van der Waals surface area (Å²) in [7, 11) is 1.50. The Balaban J connectivity index is 2.55. The number of benzene rings is 2. The van der Waals surface area contributed by atoms with Crippen LogP contribution in [0, 0.1) is 10.8 Å². The summed E-state index contributed by atoms with van der Waals surface area (Å²) < 4.78 is 23.2. The molecule has 7 nitrogen and oxygen atoms in total. The Morgan fingerprint density at radius 3 is 1.73 bits per heavy atom. The van der Waals surface area contributed by atoms with Crippen molar-refractivity contribution in [2.24, 2.45) is 10.8 Å². The van der Waals surface area contributed by atoms with Crippen LogP contribution in [0.15, 0.2) is 36.4 Å². The molecule has 0 N–H and O–H groups in total. The van der Waals surface area contributed by atoms with Crippen molar-refractivity contribution in [2.45, 2.75) is 87.7 Å². The third-order valence-electron chi connectivity index (χ3n) is 5.77. The summed E-state index contributed by atoms with van der Waals surface area (Å²) in [5.41, 5.74) is -0.0303. The van der Waals surface area contributed by atoms with Crippen LogP contribution in [0.5, 0.6) is 23.0 Å². The molecule has 7 heteroatoms. The van der Waals surface area contributed by atoms with Gasteiger partial charge >= 0.3 is 11.9 Å². The SMILES string of the molecule is COc1c(OC(C)C)c(C=CC(=O)c2ccc(OC(=O)C(C)(C)C)cc2)cc(C(C)(C)C)c1OC(=O)C(C)(C)C. The highest BCUT2D eigenvalue weighted by atomic mass is 16.6. The minimum atomic E-state index is -0.731. The van der Waals surface area contributed by atoms with Crippen molar-refractivity contribution in [1.82, 2.24) is 0 Å². The number of ether oxygens (including phenoxy) is 4. The van der Waals surface area contributed by atoms with Gasteiger partial charge in [-0.1, -0.05) is 20.8 Å². The summed E-state index contributed by atoms with van der Waals surface area (Å²) in [6, 6.07) is 8.28. The number of rotatable bonds is 8. The zero-order valence-electron chi connectivity index (χ0n) is 26.0. The maximum absolute atomic E-state index is 13.1. The molecule has 0 aliphatic heterocycles. The van der Waals surface area contributed by atoms with E-state index in [2.05, 4.69) is 0 Å². The lowest BCUT2D eigenvalue weighted by molar-refractivity contribution is -0.143. The van der Waals surface area contributed by atoms with Gasteiger partial charge in [-0.3, -0.25) is 14.4 Å². The van der Waals surface area contributed by atoms with Gasteiger partial charge in [0.05, 0.1) is 24.0 Å². The molecule has 0 saturated carbocycles. The zero-order chi connectivity index (χ0) is 30.6. The molecule has 0 fully saturated rings. The standard InChI is InChI=1S/C33H44O7/c1-20(2)38-26-22(15-18-25(34)21-13-16-23(17-14-21)39-29(35)32(6,7)8)19-24(31(3,4)5)27(28(26)37-12)40-30(36)33(9,10)11/h13-20H,1-12H3. The van der Waals surface area contributed by atoms with Gasteiger partial charge in [0, 0.05) is 16.7 Å². The molecule has 0 saturated heterocycles. The quantitative estimate of drug-likeness (QED) is 0.144. The van der Waals surface area contributed by atoms with Crippen molar-refractivity contribution in [3.8, 4) is 23.0 Å². The van der Waals surface area contributed by atoms with Gasteiger partial charge < -0.3 is 18.9 Å². The van der Waals surface area contributed by atoms with Gasteiger partial charge in [-0.05, 0) is 103 Å². The smallest absolute Gasteiger partial charge is 0.316 e. The fourth-order valence-corrected chi connectivity index (χ4v) is 3.42. The number of methoxy groups -OCH3 is 1. The van der Waals surface area contributed by atoms with Crippen LogP contribution < -0.4 is 18.9 Å². The van der Waals surface area contributed by atoms with Crippen LogP contribution in [0.3, 0.4) is 0 Å². The first-order valence-electron chi connectivity index (χ1n) is 13.4.